The highest BCUT2D eigenvalue weighted by Crippen LogP contribution is 2.34. The highest BCUT2D eigenvalue weighted by atomic mass is 16.2. The number of nitrogens with zero attached hydrogens (tertiary/aromatic N) is 4. The number of para-hydroxylation sites is 1. The Bertz CT molecular complexity index is 974. The molecule has 2 fully saturated rings. The molecule has 2 atom stereocenters. The van der Waals surface area contributed by atoms with E-state index in [2.05, 4.69) is 20.9 Å². The van der Waals surface area contributed by atoms with Gasteiger partial charge in [-0.05, 0) is 36.1 Å². The number of likely N-dealkylation sites (tertiary alicyclic amines) is 2. The smallest absolute Gasteiger partial charge is 0.272 e. The number of aromatic nitrogens is 2. The first-order valence-electron chi connectivity index (χ1n) is 9.56. The van der Waals surface area contributed by atoms with Crippen LogP contribution < -0.4 is 0 Å². The lowest BCUT2D eigenvalue weighted by molar-refractivity contribution is -0.0429. The molecule has 27 heavy (non-hydrogen) atoms. The molecular weight excluding hydrogens is 336 g/mol. The van der Waals surface area contributed by atoms with Crippen LogP contribution in [0.4, 0.5) is 0 Å². The monoisotopic (exact) mass is 358 g/mol. The molecule has 2 aliphatic heterocycles. The minimum atomic E-state index is 0.0485. The summed E-state index contributed by atoms with van der Waals surface area (Å²) in [5.41, 5.74) is 2.65. The van der Waals surface area contributed by atoms with Crippen LogP contribution in [-0.4, -0.2) is 51.4 Å². The highest BCUT2D eigenvalue weighted by molar-refractivity contribution is 5.95. The molecule has 0 unspecified atom stereocenters. The van der Waals surface area contributed by atoms with E-state index in [1.54, 1.807) is 6.20 Å². The third-order valence-corrected chi connectivity index (χ3v) is 5.87. The number of carbonyl (C=O) groups is 1. The molecule has 0 N–H and O–H groups in total. The lowest BCUT2D eigenvalue weighted by Crippen LogP contribution is -2.64. The Morgan fingerprint density at radius 1 is 1.07 bits per heavy atom. The number of benzene rings is 1. The van der Waals surface area contributed by atoms with Gasteiger partial charge in [0.15, 0.2) is 0 Å². The Kier molecular flexibility index (Phi) is 4.09. The van der Waals surface area contributed by atoms with E-state index in [9.17, 15) is 4.79 Å². The van der Waals surface area contributed by atoms with E-state index in [1.807, 2.05) is 53.6 Å². The molecule has 5 nitrogen and oxygen atoms in total. The van der Waals surface area contributed by atoms with Gasteiger partial charge >= 0.3 is 0 Å². The molecule has 2 aliphatic rings. The van der Waals surface area contributed by atoms with Crippen molar-refractivity contribution < 1.29 is 4.79 Å². The van der Waals surface area contributed by atoms with Gasteiger partial charge in [-0.15, -0.1) is 0 Å². The summed E-state index contributed by atoms with van der Waals surface area (Å²) < 4.78 is 0. The van der Waals surface area contributed by atoms with Crippen molar-refractivity contribution in [3.63, 3.8) is 0 Å². The fourth-order valence-corrected chi connectivity index (χ4v) is 4.34. The summed E-state index contributed by atoms with van der Waals surface area (Å²) in [7, 11) is 0. The van der Waals surface area contributed by atoms with Gasteiger partial charge in [-0.1, -0.05) is 30.3 Å². The van der Waals surface area contributed by atoms with Crippen molar-refractivity contribution in [3.8, 4) is 0 Å². The van der Waals surface area contributed by atoms with Crippen molar-refractivity contribution in [3.05, 3.63) is 72.2 Å². The maximum Gasteiger partial charge on any atom is 0.272 e. The van der Waals surface area contributed by atoms with Crippen LogP contribution in [-0.2, 0) is 6.54 Å². The predicted molar refractivity (Wildman–Crippen MR) is 104 cm³/mol. The van der Waals surface area contributed by atoms with Gasteiger partial charge in [-0.2, -0.15) is 0 Å². The van der Waals surface area contributed by atoms with Gasteiger partial charge in [-0.25, -0.2) is 4.98 Å². The summed E-state index contributed by atoms with van der Waals surface area (Å²) in [6, 6.07) is 16.3. The average molecular weight is 358 g/mol. The number of hydrogen-bond acceptors (Lipinski definition) is 4. The van der Waals surface area contributed by atoms with E-state index >= 15 is 0 Å². The standard InChI is InChI=1S/C22H22N4O/c27-22(20-8-7-17-5-1-2-6-19(17)24-20)25-11-9-18-14-26(21(18)15-25)13-16-4-3-10-23-12-16/h1-8,10,12,18,21H,9,11,13-15H2/t18-,21-/m1/s1. The zero-order valence-corrected chi connectivity index (χ0v) is 15.2. The van der Waals surface area contributed by atoms with Crippen LogP contribution in [0.5, 0.6) is 0 Å². The lowest BCUT2D eigenvalue weighted by atomic mass is 9.82. The molecule has 0 spiro atoms. The molecule has 3 aromatic rings. The normalized spacial score (nSPS) is 22.3. The van der Waals surface area contributed by atoms with Crippen LogP contribution in [0.1, 0.15) is 22.5 Å². The van der Waals surface area contributed by atoms with Gasteiger partial charge in [0.25, 0.3) is 5.91 Å². The van der Waals surface area contributed by atoms with Crippen molar-refractivity contribution in [2.75, 3.05) is 19.6 Å². The van der Waals surface area contributed by atoms with Crippen molar-refractivity contribution in [1.82, 2.24) is 19.8 Å². The molecule has 5 rings (SSSR count). The second kappa shape index (κ2) is 6.74. The largest absolute Gasteiger partial charge is 0.336 e. The van der Waals surface area contributed by atoms with Crippen LogP contribution in [0.2, 0.25) is 0 Å². The van der Waals surface area contributed by atoms with Gasteiger partial charge in [-0.3, -0.25) is 14.7 Å². The maximum absolute atomic E-state index is 13.0. The number of amides is 1. The molecule has 1 amide bonds. The fourth-order valence-electron chi connectivity index (χ4n) is 4.34. The summed E-state index contributed by atoms with van der Waals surface area (Å²) in [6.07, 6.45) is 4.81. The first-order valence-corrected chi connectivity index (χ1v) is 9.56. The van der Waals surface area contributed by atoms with Crippen LogP contribution >= 0.6 is 0 Å². The quantitative estimate of drug-likeness (QED) is 0.722. The zero-order chi connectivity index (χ0) is 18.2. The minimum absolute atomic E-state index is 0.0485. The second-order valence-electron chi connectivity index (χ2n) is 7.55. The van der Waals surface area contributed by atoms with Crippen molar-refractivity contribution in [2.45, 2.75) is 19.0 Å². The highest BCUT2D eigenvalue weighted by Gasteiger charge is 2.43. The number of hydrogen-bond donors (Lipinski definition) is 0. The average Bonchev–Trinajstić information content (AvgIpc) is 2.72. The topological polar surface area (TPSA) is 49.3 Å². The first kappa shape index (κ1) is 16.4. The van der Waals surface area contributed by atoms with Crippen LogP contribution in [0.15, 0.2) is 60.9 Å². The molecule has 2 aromatic heterocycles. The summed E-state index contributed by atoms with van der Waals surface area (Å²) in [6.45, 7) is 3.65. The van der Waals surface area contributed by atoms with Crippen molar-refractivity contribution in [1.29, 1.82) is 0 Å². The molecular formula is C22H22N4O. The number of carbonyl (C=O) groups excluding carboxylic acids is 1. The van der Waals surface area contributed by atoms with Crippen molar-refractivity contribution >= 4 is 16.8 Å². The van der Waals surface area contributed by atoms with Gasteiger partial charge < -0.3 is 4.90 Å². The van der Waals surface area contributed by atoms with E-state index in [0.29, 0.717) is 17.7 Å². The molecule has 5 heteroatoms. The summed E-state index contributed by atoms with van der Waals surface area (Å²) in [5.74, 6) is 0.753. The molecule has 0 radical (unpaired) electrons. The molecule has 0 saturated carbocycles. The van der Waals surface area contributed by atoms with E-state index in [4.69, 9.17) is 0 Å². The van der Waals surface area contributed by atoms with Crippen LogP contribution in [0.3, 0.4) is 0 Å². The lowest BCUT2D eigenvalue weighted by Gasteiger charge is -2.53. The molecule has 136 valence electrons. The van der Waals surface area contributed by atoms with Crippen LogP contribution in [0, 0.1) is 5.92 Å². The predicted octanol–water partition coefficient (Wildman–Crippen LogP) is 2.98. The Morgan fingerprint density at radius 2 is 2.00 bits per heavy atom. The number of rotatable bonds is 3. The molecule has 4 heterocycles. The van der Waals surface area contributed by atoms with Crippen molar-refractivity contribution in [2.24, 2.45) is 5.92 Å². The second-order valence-corrected chi connectivity index (χ2v) is 7.55. The number of piperidine rings is 1. The van der Waals surface area contributed by atoms with E-state index in [0.717, 1.165) is 43.5 Å². The Labute approximate surface area is 158 Å². The third-order valence-electron chi connectivity index (χ3n) is 5.87. The maximum atomic E-state index is 13.0. The zero-order valence-electron chi connectivity index (χ0n) is 15.2. The summed E-state index contributed by atoms with van der Waals surface area (Å²) >= 11 is 0. The molecule has 2 saturated heterocycles. The molecule has 0 bridgehead atoms. The van der Waals surface area contributed by atoms with Gasteiger partial charge in [0.1, 0.15) is 5.69 Å². The molecule has 1 aromatic carbocycles. The Balaban J connectivity index is 1.30. The van der Waals surface area contributed by atoms with E-state index < -0.39 is 0 Å². The van der Waals surface area contributed by atoms with E-state index in [-0.39, 0.29) is 5.91 Å². The van der Waals surface area contributed by atoms with Gasteiger partial charge in [0.2, 0.25) is 0 Å². The van der Waals surface area contributed by atoms with Gasteiger partial charge in [0.05, 0.1) is 5.52 Å². The summed E-state index contributed by atoms with van der Waals surface area (Å²) in [4.78, 5) is 26.3. The number of pyridine rings is 2. The first-order chi connectivity index (χ1) is 13.3. The van der Waals surface area contributed by atoms with Crippen LogP contribution in [0.25, 0.3) is 10.9 Å². The van der Waals surface area contributed by atoms with E-state index in [1.165, 1.54) is 5.56 Å². The summed E-state index contributed by atoms with van der Waals surface area (Å²) in [5, 5.41) is 1.06. The number of fused-ring (bicyclic) bond motifs is 2. The fraction of sp³-hybridized carbons (Fsp3) is 0.318. The molecule has 0 aliphatic carbocycles. The van der Waals surface area contributed by atoms with Gasteiger partial charge in [0, 0.05) is 50.0 Å². The SMILES string of the molecule is O=C(c1ccc2ccccc2n1)N1CC[C@@H]2CN(Cc3cccnc3)[C@@H]2C1. The third kappa shape index (κ3) is 3.08. The minimum Gasteiger partial charge on any atom is -0.336 e. The Morgan fingerprint density at radius 3 is 2.89 bits per heavy atom. The Hall–Kier alpha value is -2.79.